The third-order valence-electron chi connectivity index (χ3n) is 2.86. The molecule has 0 saturated carbocycles. The molecule has 0 unspecified atom stereocenters. The normalized spacial score (nSPS) is 11.3. The Balaban J connectivity index is 2.84. The molecule has 1 aromatic heterocycles. The molecule has 1 heterocycles. The molecule has 0 bridgehead atoms. The summed E-state index contributed by atoms with van der Waals surface area (Å²) in [6.45, 7) is -2.34. The fourth-order valence-corrected chi connectivity index (χ4v) is 1.82. The number of H-pyrrole nitrogens is 1. The van der Waals surface area contributed by atoms with Crippen LogP contribution in [0, 0.1) is 10.8 Å². The van der Waals surface area contributed by atoms with E-state index in [2.05, 4.69) is 10.3 Å². The Hall–Kier alpha value is -2.75. The molecule has 11 heteroatoms. The van der Waals surface area contributed by atoms with E-state index in [9.17, 15) is 18.4 Å². The van der Waals surface area contributed by atoms with Crippen LogP contribution in [-0.2, 0) is 0 Å². The molecule has 0 aliphatic carbocycles. The number of nitrogens with two attached hydrogens (primary N) is 1. The highest BCUT2D eigenvalue weighted by Crippen LogP contribution is 2.10. The van der Waals surface area contributed by atoms with Gasteiger partial charge in [0.15, 0.2) is 0 Å². The van der Waals surface area contributed by atoms with Gasteiger partial charge in [0.2, 0.25) is 0 Å². The number of carbonyl (C=O) groups excluding carboxylic acids is 1. The van der Waals surface area contributed by atoms with Gasteiger partial charge >= 0.3 is 6.55 Å². The Morgan fingerprint density at radius 2 is 2.17 bits per heavy atom. The van der Waals surface area contributed by atoms with Gasteiger partial charge in [0, 0.05) is 24.5 Å². The zero-order valence-electron chi connectivity index (χ0n) is 12.5. The Morgan fingerprint density at radius 3 is 2.62 bits per heavy atom. The Labute approximate surface area is 140 Å². The lowest BCUT2D eigenvalue weighted by molar-refractivity contribution is 0.0613. The summed E-state index contributed by atoms with van der Waals surface area (Å²) in [5.41, 5.74) is 4.67. The second-order valence-corrected chi connectivity index (χ2v) is 4.93. The first-order chi connectivity index (χ1) is 11.2. The van der Waals surface area contributed by atoms with Gasteiger partial charge < -0.3 is 16.0 Å². The molecule has 24 heavy (non-hydrogen) atoms. The van der Waals surface area contributed by atoms with Crippen LogP contribution in [0.5, 0.6) is 0 Å². The van der Waals surface area contributed by atoms with Gasteiger partial charge in [-0.1, -0.05) is 11.6 Å². The van der Waals surface area contributed by atoms with Crippen LogP contribution in [-0.4, -0.2) is 40.6 Å². The maximum Gasteiger partial charge on any atom is 0.321 e. The molecule has 0 aromatic carbocycles. The second kappa shape index (κ2) is 8.20. The molecule has 0 saturated heterocycles. The van der Waals surface area contributed by atoms with E-state index in [0.717, 1.165) is 25.4 Å². The lowest BCUT2D eigenvalue weighted by Gasteiger charge is -2.24. The number of aromatic nitrogens is 1. The SMILES string of the molecule is CC(=N)N(C(=N)C(=CN)CNC(=O)c1c[nH]c(=O)c(Cl)c1)C(F)F. The number of alkyl halides is 2. The topological polar surface area (TPSA) is 139 Å². The molecule has 0 aliphatic rings. The third kappa shape index (κ3) is 4.62. The van der Waals surface area contributed by atoms with E-state index in [4.69, 9.17) is 28.2 Å². The lowest BCUT2D eigenvalue weighted by atomic mass is 10.2. The first kappa shape index (κ1) is 19.3. The minimum Gasteiger partial charge on any atom is -0.404 e. The highest BCUT2D eigenvalue weighted by atomic mass is 35.5. The van der Waals surface area contributed by atoms with E-state index in [1.165, 1.54) is 0 Å². The van der Waals surface area contributed by atoms with E-state index >= 15 is 0 Å². The summed E-state index contributed by atoms with van der Waals surface area (Å²) < 4.78 is 25.8. The average Bonchev–Trinajstić information content (AvgIpc) is 2.49. The molecule has 1 aromatic rings. The summed E-state index contributed by atoms with van der Waals surface area (Å²) >= 11 is 5.61. The van der Waals surface area contributed by atoms with E-state index in [1.807, 2.05) is 0 Å². The predicted molar refractivity (Wildman–Crippen MR) is 85.6 cm³/mol. The van der Waals surface area contributed by atoms with Gasteiger partial charge in [-0.15, -0.1) is 0 Å². The number of nitrogens with zero attached hydrogens (tertiary/aromatic N) is 1. The third-order valence-corrected chi connectivity index (χ3v) is 3.14. The van der Waals surface area contributed by atoms with Crippen molar-refractivity contribution in [1.29, 1.82) is 10.8 Å². The van der Waals surface area contributed by atoms with Crippen molar-refractivity contribution in [1.82, 2.24) is 15.2 Å². The van der Waals surface area contributed by atoms with Crippen molar-refractivity contribution in [2.75, 3.05) is 6.54 Å². The number of hydrogen-bond acceptors (Lipinski definition) is 5. The van der Waals surface area contributed by atoms with Crippen LogP contribution in [0.2, 0.25) is 5.02 Å². The van der Waals surface area contributed by atoms with Crippen LogP contribution in [0.25, 0.3) is 0 Å². The van der Waals surface area contributed by atoms with Crippen LogP contribution in [0.4, 0.5) is 8.78 Å². The number of amidine groups is 2. The van der Waals surface area contributed by atoms with Crippen molar-refractivity contribution in [2.24, 2.45) is 5.73 Å². The van der Waals surface area contributed by atoms with Gasteiger partial charge in [0.1, 0.15) is 16.7 Å². The summed E-state index contributed by atoms with van der Waals surface area (Å²) in [5.74, 6) is -1.91. The number of rotatable bonds is 5. The smallest absolute Gasteiger partial charge is 0.321 e. The number of carbonyl (C=O) groups is 1. The summed E-state index contributed by atoms with van der Waals surface area (Å²) in [6.07, 6.45) is 2.02. The number of pyridine rings is 1. The number of amides is 1. The van der Waals surface area contributed by atoms with Gasteiger partial charge in [-0.25, -0.2) is 0 Å². The molecule has 8 nitrogen and oxygen atoms in total. The molecule has 1 rings (SSSR count). The molecule has 0 atom stereocenters. The van der Waals surface area contributed by atoms with Crippen molar-refractivity contribution in [3.05, 3.63) is 45.0 Å². The standard InChI is InChI=1S/C13H15ClF2N6O2/c1-6(18)22(13(15)16)10(19)8(3-17)5-20-11(23)7-2-9(14)12(24)21-4-7/h2-4,13,18-19H,5,17H2,1H3,(H,20,23)(H,21,24). The Morgan fingerprint density at radius 1 is 1.54 bits per heavy atom. The molecule has 130 valence electrons. The summed E-state index contributed by atoms with van der Waals surface area (Å²) in [6, 6.07) is 1.14. The molecule has 0 fully saturated rings. The van der Waals surface area contributed by atoms with Gasteiger partial charge in [0.25, 0.3) is 11.5 Å². The van der Waals surface area contributed by atoms with Crippen molar-refractivity contribution >= 4 is 29.2 Å². The second-order valence-electron chi connectivity index (χ2n) is 4.52. The number of hydrogen-bond donors (Lipinski definition) is 5. The Bertz CT molecular complexity index is 746. The fraction of sp³-hybridized carbons (Fsp3) is 0.231. The quantitative estimate of drug-likeness (QED) is 0.305. The average molecular weight is 361 g/mol. The van der Waals surface area contributed by atoms with Crippen molar-refractivity contribution in [3.8, 4) is 0 Å². The highest BCUT2D eigenvalue weighted by molar-refractivity contribution is 6.30. The van der Waals surface area contributed by atoms with Gasteiger partial charge in [-0.05, 0) is 13.0 Å². The van der Waals surface area contributed by atoms with Crippen molar-refractivity contribution in [3.63, 3.8) is 0 Å². The number of aromatic amines is 1. The van der Waals surface area contributed by atoms with Crippen molar-refractivity contribution < 1.29 is 13.6 Å². The van der Waals surface area contributed by atoms with E-state index in [-0.39, 0.29) is 27.6 Å². The molecule has 0 aliphatic heterocycles. The molecule has 0 spiro atoms. The fourth-order valence-electron chi connectivity index (χ4n) is 1.65. The van der Waals surface area contributed by atoms with Crippen LogP contribution in [0.1, 0.15) is 17.3 Å². The minimum atomic E-state index is -3.10. The molecule has 1 amide bonds. The van der Waals surface area contributed by atoms with Crippen LogP contribution >= 0.6 is 11.6 Å². The maximum absolute atomic E-state index is 12.9. The van der Waals surface area contributed by atoms with E-state index in [0.29, 0.717) is 0 Å². The zero-order valence-corrected chi connectivity index (χ0v) is 13.2. The molecule has 0 radical (unpaired) electrons. The van der Waals surface area contributed by atoms with Crippen LogP contribution in [0.3, 0.4) is 0 Å². The summed E-state index contributed by atoms with van der Waals surface area (Å²) in [7, 11) is 0. The van der Waals surface area contributed by atoms with Crippen molar-refractivity contribution in [2.45, 2.75) is 13.5 Å². The predicted octanol–water partition coefficient (Wildman–Crippen LogP) is 1.10. The van der Waals surface area contributed by atoms with Gasteiger partial charge in [-0.3, -0.25) is 25.3 Å². The number of nitrogens with one attached hydrogen (secondary N) is 4. The lowest BCUT2D eigenvalue weighted by Crippen LogP contribution is -2.42. The summed E-state index contributed by atoms with van der Waals surface area (Å²) in [4.78, 5) is 25.5. The first-order valence-corrected chi connectivity index (χ1v) is 6.85. The monoisotopic (exact) mass is 360 g/mol. The zero-order chi connectivity index (χ0) is 18.4. The van der Waals surface area contributed by atoms with Crippen LogP contribution in [0.15, 0.2) is 28.8 Å². The maximum atomic E-state index is 12.9. The van der Waals surface area contributed by atoms with Crippen LogP contribution < -0.4 is 16.6 Å². The Kier molecular flexibility index (Phi) is 6.59. The molecule has 6 N–H and O–H groups in total. The highest BCUT2D eigenvalue weighted by Gasteiger charge is 2.24. The van der Waals surface area contributed by atoms with E-state index in [1.54, 1.807) is 0 Å². The molecular formula is C13H15ClF2N6O2. The number of halogens is 3. The first-order valence-electron chi connectivity index (χ1n) is 6.47. The summed E-state index contributed by atoms with van der Waals surface area (Å²) in [5, 5.41) is 17.2. The molecular weight excluding hydrogens is 346 g/mol. The largest absolute Gasteiger partial charge is 0.404 e. The minimum absolute atomic E-state index is 0.0384. The van der Waals surface area contributed by atoms with Gasteiger partial charge in [-0.2, -0.15) is 8.78 Å². The van der Waals surface area contributed by atoms with Gasteiger partial charge in [0.05, 0.1) is 5.56 Å². The van der Waals surface area contributed by atoms with E-state index < -0.39 is 29.7 Å².